The zero-order chi connectivity index (χ0) is 27.4. The number of hydrogen-bond acceptors (Lipinski definition) is 6. The maximum atomic E-state index is 14.9. The molecule has 1 aromatic carbocycles. The van der Waals surface area contributed by atoms with Crippen LogP contribution in [0.2, 0.25) is 0 Å². The topological polar surface area (TPSA) is 79.8 Å². The van der Waals surface area contributed by atoms with Gasteiger partial charge in [0.05, 0.1) is 5.60 Å². The molecule has 38 heavy (non-hydrogen) atoms. The molecule has 2 aliphatic carbocycles. The highest BCUT2D eigenvalue weighted by molar-refractivity contribution is 7.98. The number of halogens is 2. The highest BCUT2D eigenvalue weighted by Crippen LogP contribution is 2.56. The van der Waals surface area contributed by atoms with Crippen LogP contribution in [0.4, 0.5) is 20.3 Å². The van der Waals surface area contributed by atoms with Crippen molar-refractivity contribution in [3.05, 3.63) is 59.2 Å². The van der Waals surface area contributed by atoms with Crippen molar-refractivity contribution in [1.82, 2.24) is 15.1 Å². The van der Waals surface area contributed by atoms with Crippen molar-refractivity contribution in [2.45, 2.75) is 57.0 Å². The molecular weight excluding hydrogens is 506 g/mol. The van der Waals surface area contributed by atoms with Gasteiger partial charge in [0.25, 0.3) is 0 Å². The number of nitrogens with zero attached hydrogens (tertiary/aromatic N) is 4. The van der Waals surface area contributed by atoms with Gasteiger partial charge in [-0.3, -0.25) is 5.10 Å². The average Bonchev–Trinajstić information content (AvgIpc) is 3.55. The monoisotopic (exact) mass is 542 g/mol. The molecule has 3 N–H and O–H groups in total. The fraction of sp³-hybridized carbons (Fsp3) is 0.500. The number of aromatic nitrogens is 2. The summed E-state index contributed by atoms with van der Waals surface area (Å²) in [5.74, 6) is 0.637. The van der Waals surface area contributed by atoms with Crippen LogP contribution in [0.15, 0.2) is 51.8 Å². The molecule has 0 radical (unpaired) electrons. The Labute approximate surface area is 227 Å². The smallest absolute Gasteiger partial charge is 0.153 e. The molecule has 2 saturated carbocycles. The maximum Gasteiger partial charge on any atom is 0.153 e. The van der Waals surface area contributed by atoms with Crippen molar-refractivity contribution in [3.63, 3.8) is 0 Å². The van der Waals surface area contributed by atoms with Crippen LogP contribution < -0.4 is 10.2 Å². The zero-order valence-corrected chi connectivity index (χ0v) is 23.5. The second-order valence-corrected chi connectivity index (χ2v) is 12.3. The number of likely N-dealkylation sites (tertiary alicyclic amines) is 1. The molecular formula is C28H36F2N6OS. The van der Waals surface area contributed by atoms with Crippen molar-refractivity contribution in [2.75, 3.05) is 36.6 Å². The van der Waals surface area contributed by atoms with Crippen molar-refractivity contribution >= 4 is 29.1 Å². The van der Waals surface area contributed by atoms with E-state index in [1.165, 1.54) is 28.8 Å². The molecule has 10 heteroatoms. The van der Waals surface area contributed by atoms with Crippen LogP contribution in [0, 0.1) is 29.9 Å². The molecule has 1 spiro atoms. The lowest BCUT2D eigenvalue weighted by Gasteiger charge is -2.62. The Morgan fingerprint density at radius 3 is 2.39 bits per heavy atom. The van der Waals surface area contributed by atoms with E-state index >= 15 is 0 Å². The molecule has 3 aliphatic rings. The van der Waals surface area contributed by atoms with Gasteiger partial charge in [-0.2, -0.15) is 5.10 Å². The highest BCUT2D eigenvalue weighted by Gasteiger charge is 2.58. The number of aliphatic imine (C=N–C) groups is 1. The summed E-state index contributed by atoms with van der Waals surface area (Å²) in [6.45, 7) is 11.7. The quantitative estimate of drug-likeness (QED) is 0.173. The number of anilines is 2. The molecule has 0 bridgehead atoms. The van der Waals surface area contributed by atoms with E-state index in [1.807, 2.05) is 19.9 Å². The van der Waals surface area contributed by atoms with Gasteiger partial charge in [-0.1, -0.05) is 6.58 Å². The second kappa shape index (κ2) is 9.72. The number of aryl methyl sites for hydroxylation is 1. The lowest BCUT2D eigenvalue weighted by Crippen LogP contribution is -2.66. The van der Waals surface area contributed by atoms with Crippen LogP contribution in [0.3, 0.4) is 0 Å². The number of rotatable bonds is 8. The lowest BCUT2D eigenvalue weighted by molar-refractivity contribution is -0.171. The molecule has 7 nitrogen and oxygen atoms in total. The molecule has 2 aromatic rings. The van der Waals surface area contributed by atoms with Gasteiger partial charge in [0.2, 0.25) is 0 Å². The summed E-state index contributed by atoms with van der Waals surface area (Å²) >= 11 is 1.29. The first-order valence-electron chi connectivity index (χ1n) is 12.9. The zero-order valence-electron chi connectivity index (χ0n) is 22.7. The maximum absolute atomic E-state index is 14.9. The Morgan fingerprint density at radius 2 is 1.89 bits per heavy atom. The average molecular weight is 543 g/mol. The molecule has 0 unspecified atom stereocenters. The minimum atomic E-state index is -0.637. The Bertz CT molecular complexity index is 1290. The normalized spacial score (nSPS) is 20.5. The van der Waals surface area contributed by atoms with E-state index in [-0.39, 0.29) is 11.1 Å². The van der Waals surface area contributed by atoms with E-state index < -0.39 is 17.2 Å². The van der Waals surface area contributed by atoms with Crippen molar-refractivity contribution in [1.29, 1.82) is 0 Å². The van der Waals surface area contributed by atoms with Gasteiger partial charge < -0.3 is 20.2 Å². The SMILES string of the molecule is C=C(/C(=C(\N=C(/C)N(C)c1c(F)cc(SC)cc1F)Nc1cc(C)[nH]n1)C1CC1)N1CC2(C1)CC(C)(O)C2. The van der Waals surface area contributed by atoms with Crippen LogP contribution in [-0.4, -0.2) is 58.0 Å². The molecule has 2 heterocycles. The standard InChI is InChI=1S/C28H36F2N6OS/c1-16-9-23(34-33-16)32-26(31-18(3)35(5)25-21(29)10-20(38-6)11-22(25)30)24(19-7-8-19)17(2)36-14-28(15-36)12-27(4,37)13-28/h9-11,19,37H,2,7-8,12-15H2,1,3-6H3,(H2,32,33,34)/b26-24-,31-18+. The minimum absolute atomic E-state index is 0.146. The lowest BCUT2D eigenvalue weighted by atomic mass is 9.56. The Hall–Kier alpha value is -2.85. The van der Waals surface area contributed by atoms with Gasteiger partial charge in [0.1, 0.15) is 17.3 Å². The first-order chi connectivity index (χ1) is 17.9. The summed E-state index contributed by atoms with van der Waals surface area (Å²) in [5.41, 5.74) is 2.24. The minimum Gasteiger partial charge on any atom is -0.390 e. The fourth-order valence-electron chi connectivity index (χ4n) is 5.99. The summed E-state index contributed by atoms with van der Waals surface area (Å²) in [6, 6.07) is 4.56. The van der Waals surface area contributed by atoms with Crippen molar-refractivity contribution < 1.29 is 13.9 Å². The first kappa shape index (κ1) is 26.7. The number of benzene rings is 1. The number of allylic oxidation sites excluding steroid dienone is 1. The number of aliphatic hydroxyl groups is 1. The predicted octanol–water partition coefficient (Wildman–Crippen LogP) is 5.67. The third kappa shape index (κ3) is 5.20. The van der Waals surface area contributed by atoms with E-state index in [0.29, 0.717) is 28.3 Å². The van der Waals surface area contributed by atoms with Crippen LogP contribution in [0.1, 0.15) is 45.2 Å². The van der Waals surface area contributed by atoms with Crippen LogP contribution in [0.25, 0.3) is 0 Å². The van der Waals surface area contributed by atoms with E-state index in [4.69, 9.17) is 4.99 Å². The summed E-state index contributed by atoms with van der Waals surface area (Å²) in [5, 5.41) is 20.9. The Morgan fingerprint density at radius 1 is 1.26 bits per heavy atom. The summed E-state index contributed by atoms with van der Waals surface area (Å²) in [4.78, 5) is 9.11. The number of aromatic amines is 1. The molecule has 3 fully saturated rings. The number of thioether (sulfide) groups is 1. The van der Waals surface area contributed by atoms with E-state index in [2.05, 4.69) is 27.0 Å². The van der Waals surface area contributed by atoms with E-state index in [0.717, 1.165) is 55.7 Å². The van der Waals surface area contributed by atoms with Gasteiger partial charge in [-0.25, -0.2) is 13.8 Å². The number of hydrogen-bond donors (Lipinski definition) is 3. The molecule has 1 saturated heterocycles. The van der Waals surface area contributed by atoms with Crippen LogP contribution in [-0.2, 0) is 0 Å². The number of H-pyrrole nitrogens is 1. The first-order valence-corrected chi connectivity index (χ1v) is 14.1. The summed E-state index contributed by atoms with van der Waals surface area (Å²) < 4.78 is 29.8. The third-order valence-electron chi connectivity index (χ3n) is 7.77. The summed E-state index contributed by atoms with van der Waals surface area (Å²) in [7, 11) is 1.61. The molecule has 204 valence electrons. The molecule has 1 aromatic heterocycles. The van der Waals surface area contributed by atoms with Gasteiger partial charge >= 0.3 is 0 Å². The molecule has 1 aliphatic heterocycles. The number of nitrogens with one attached hydrogen (secondary N) is 2. The predicted molar refractivity (Wildman–Crippen MR) is 149 cm³/mol. The third-order valence-corrected chi connectivity index (χ3v) is 8.48. The highest BCUT2D eigenvalue weighted by atomic mass is 32.2. The Kier molecular flexibility index (Phi) is 6.84. The molecule has 5 rings (SSSR count). The largest absolute Gasteiger partial charge is 0.390 e. The Balaban J connectivity index is 1.48. The molecule has 0 amide bonds. The van der Waals surface area contributed by atoms with E-state index in [1.54, 1.807) is 20.2 Å². The molecule has 0 atom stereocenters. The van der Waals surface area contributed by atoms with Gasteiger partial charge in [0.15, 0.2) is 17.5 Å². The van der Waals surface area contributed by atoms with Crippen molar-refractivity contribution in [2.24, 2.45) is 16.3 Å². The number of amidine groups is 1. The fourth-order valence-corrected chi connectivity index (χ4v) is 6.43. The van der Waals surface area contributed by atoms with Crippen LogP contribution in [0.5, 0.6) is 0 Å². The second-order valence-electron chi connectivity index (χ2n) is 11.4. The van der Waals surface area contributed by atoms with Gasteiger partial charge in [-0.15, -0.1) is 11.8 Å². The van der Waals surface area contributed by atoms with Crippen molar-refractivity contribution in [3.8, 4) is 0 Å². The van der Waals surface area contributed by atoms with Gasteiger partial charge in [0, 0.05) is 53.5 Å². The van der Waals surface area contributed by atoms with E-state index in [9.17, 15) is 13.9 Å². The summed E-state index contributed by atoms with van der Waals surface area (Å²) in [6.07, 6.45) is 5.44. The van der Waals surface area contributed by atoms with Gasteiger partial charge in [-0.05, 0) is 70.8 Å². The van der Waals surface area contributed by atoms with Crippen LogP contribution >= 0.6 is 11.8 Å².